The predicted octanol–water partition coefficient (Wildman–Crippen LogP) is 4.58. The van der Waals surface area contributed by atoms with E-state index in [1.54, 1.807) is 17.4 Å². The fourth-order valence-corrected chi connectivity index (χ4v) is 2.87. The largest absolute Gasteiger partial charge is 0.416 e. The minimum Gasteiger partial charge on any atom is -0.304 e. The molecule has 6 heteroatoms. The SMILES string of the molecule is CCc1cnc(C(C)NCc2ccccc2C(F)(F)F)s1. The van der Waals surface area contributed by atoms with Crippen molar-refractivity contribution in [3.63, 3.8) is 0 Å². The normalized spacial score (nSPS) is 13.4. The molecule has 114 valence electrons. The fraction of sp³-hybridized carbons (Fsp3) is 0.400. The fourth-order valence-electron chi connectivity index (χ4n) is 1.99. The first-order chi connectivity index (χ1) is 9.91. The van der Waals surface area contributed by atoms with Crippen LogP contribution in [0.15, 0.2) is 30.5 Å². The van der Waals surface area contributed by atoms with Crippen LogP contribution in [-0.4, -0.2) is 4.98 Å². The minimum atomic E-state index is -4.32. The van der Waals surface area contributed by atoms with Gasteiger partial charge in [-0.1, -0.05) is 25.1 Å². The number of alkyl halides is 3. The topological polar surface area (TPSA) is 24.9 Å². The first-order valence-electron chi connectivity index (χ1n) is 6.75. The third-order valence-electron chi connectivity index (χ3n) is 3.21. The molecule has 1 N–H and O–H groups in total. The minimum absolute atomic E-state index is 0.0726. The average Bonchev–Trinajstić information content (AvgIpc) is 2.93. The van der Waals surface area contributed by atoms with E-state index in [-0.39, 0.29) is 18.2 Å². The van der Waals surface area contributed by atoms with E-state index < -0.39 is 11.7 Å². The molecule has 0 bridgehead atoms. The molecule has 1 atom stereocenters. The molecular formula is C15H17F3N2S. The predicted molar refractivity (Wildman–Crippen MR) is 78.2 cm³/mol. The van der Waals surface area contributed by atoms with Gasteiger partial charge >= 0.3 is 6.18 Å². The van der Waals surface area contributed by atoms with Crippen molar-refractivity contribution < 1.29 is 13.2 Å². The third-order valence-corrected chi connectivity index (χ3v) is 4.54. The van der Waals surface area contributed by atoms with Crippen LogP contribution in [0.1, 0.15) is 40.9 Å². The lowest BCUT2D eigenvalue weighted by molar-refractivity contribution is -0.138. The average molecular weight is 314 g/mol. The van der Waals surface area contributed by atoms with Gasteiger partial charge in [0.2, 0.25) is 0 Å². The number of aromatic nitrogens is 1. The number of nitrogens with zero attached hydrogens (tertiary/aromatic N) is 1. The molecular weight excluding hydrogens is 297 g/mol. The number of aryl methyl sites for hydroxylation is 1. The summed E-state index contributed by atoms with van der Waals surface area (Å²) < 4.78 is 38.7. The van der Waals surface area contributed by atoms with Gasteiger partial charge in [-0.25, -0.2) is 4.98 Å². The summed E-state index contributed by atoms with van der Waals surface area (Å²) in [6, 6.07) is 5.57. The van der Waals surface area contributed by atoms with Crippen LogP contribution in [0.25, 0.3) is 0 Å². The zero-order valence-corrected chi connectivity index (χ0v) is 12.7. The molecule has 1 aromatic carbocycles. The van der Waals surface area contributed by atoms with Crippen LogP contribution >= 0.6 is 11.3 Å². The van der Waals surface area contributed by atoms with Crippen molar-refractivity contribution in [1.29, 1.82) is 0 Å². The molecule has 0 spiro atoms. The maximum atomic E-state index is 12.9. The van der Waals surface area contributed by atoms with Gasteiger partial charge in [0.05, 0.1) is 11.6 Å². The molecule has 0 radical (unpaired) electrons. The van der Waals surface area contributed by atoms with Crippen LogP contribution in [-0.2, 0) is 19.1 Å². The molecule has 2 nitrogen and oxygen atoms in total. The zero-order valence-electron chi connectivity index (χ0n) is 11.9. The number of hydrogen-bond donors (Lipinski definition) is 1. The molecule has 0 fully saturated rings. The maximum Gasteiger partial charge on any atom is 0.416 e. The zero-order chi connectivity index (χ0) is 15.5. The maximum absolute atomic E-state index is 12.9. The molecule has 2 aromatic rings. The van der Waals surface area contributed by atoms with Crippen LogP contribution in [0.4, 0.5) is 13.2 Å². The first-order valence-corrected chi connectivity index (χ1v) is 7.56. The number of nitrogens with one attached hydrogen (secondary N) is 1. The van der Waals surface area contributed by atoms with Crippen molar-refractivity contribution >= 4 is 11.3 Å². The molecule has 0 aliphatic carbocycles. The second-order valence-corrected chi connectivity index (χ2v) is 5.92. The second-order valence-electron chi connectivity index (χ2n) is 4.78. The van der Waals surface area contributed by atoms with Crippen LogP contribution in [0.5, 0.6) is 0 Å². The van der Waals surface area contributed by atoms with Crippen molar-refractivity contribution in [2.45, 2.75) is 39.0 Å². The molecule has 1 unspecified atom stereocenters. The lowest BCUT2D eigenvalue weighted by Crippen LogP contribution is -2.20. The number of halogens is 3. The van der Waals surface area contributed by atoms with E-state index in [1.165, 1.54) is 17.0 Å². The van der Waals surface area contributed by atoms with Gasteiger partial charge in [-0.2, -0.15) is 13.2 Å². The summed E-state index contributed by atoms with van der Waals surface area (Å²) in [6.45, 7) is 4.13. The van der Waals surface area contributed by atoms with E-state index >= 15 is 0 Å². The molecule has 0 saturated carbocycles. The molecule has 1 aromatic heterocycles. The van der Waals surface area contributed by atoms with E-state index in [0.717, 1.165) is 17.5 Å². The second kappa shape index (κ2) is 6.58. The third kappa shape index (κ3) is 4.04. The van der Waals surface area contributed by atoms with Crippen molar-refractivity contribution in [2.24, 2.45) is 0 Å². The van der Waals surface area contributed by atoms with Gasteiger partial charge in [0.15, 0.2) is 0 Å². The highest BCUT2D eigenvalue weighted by atomic mass is 32.1. The van der Waals surface area contributed by atoms with Gasteiger partial charge in [0.25, 0.3) is 0 Å². The van der Waals surface area contributed by atoms with Crippen LogP contribution in [0.2, 0.25) is 0 Å². The van der Waals surface area contributed by atoms with Gasteiger partial charge in [0.1, 0.15) is 5.01 Å². The number of benzene rings is 1. The van der Waals surface area contributed by atoms with E-state index in [2.05, 4.69) is 17.2 Å². The Morgan fingerprint density at radius 1 is 1.29 bits per heavy atom. The molecule has 2 rings (SSSR count). The van der Waals surface area contributed by atoms with E-state index in [4.69, 9.17) is 0 Å². The summed E-state index contributed by atoms with van der Waals surface area (Å²) in [7, 11) is 0. The summed E-state index contributed by atoms with van der Waals surface area (Å²) in [6.07, 6.45) is -1.58. The lowest BCUT2D eigenvalue weighted by atomic mass is 10.1. The Labute approximate surface area is 126 Å². The summed E-state index contributed by atoms with van der Waals surface area (Å²) >= 11 is 1.59. The van der Waals surface area contributed by atoms with Crippen molar-refractivity contribution in [2.75, 3.05) is 0 Å². The molecule has 0 aliphatic heterocycles. The highest BCUT2D eigenvalue weighted by molar-refractivity contribution is 7.11. The summed E-state index contributed by atoms with van der Waals surface area (Å²) in [5.41, 5.74) is -0.331. The number of hydrogen-bond acceptors (Lipinski definition) is 3. The summed E-state index contributed by atoms with van der Waals surface area (Å²) in [4.78, 5) is 5.48. The highest BCUT2D eigenvalue weighted by Gasteiger charge is 2.32. The van der Waals surface area contributed by atoms with Crippen molar-refractivity contribution in [1.82, 2.24) is 10.3 Å². The Kier molecular flexibility index (Phi) is 5.00. The van der Waals surface area contributed by atoms with Crippen molar-refractivity contribution in [3.05, 3.63) is 51.5 Å². The van der Waals surface area contributed by atoms with Gasteiger partial charge in [-0.05, 0) is 25.0 Å². The molecule has 21 heavy (non-hydrogen) atoms. The first kappa shape index (κ1) is 16.0. The highest BCUT2D eigenvalue weighted by Crippen LogP contribution is 2.32. The molecule has 0 saturated heterocycles. The smallest absolute Gasteiger partial charge is 0.304 e. The summed E-state index contributed by atoms with van der Waals surface area (Å²) in [5.74, 6) is 0. The summed E-state index contributed by atoms with van der Waals surface area (Å²) in [5, 5.41) is 4.01. The van der Waals surface area contributed by atoms with Crippen LogP contribution in [0, 0.1) is 0 Å². The Morgan fingerprint density at radius 2 is 2.00 bits per heavy atom. The standard InChI is InChI=1S/C15H17F3N2S/c1-3-12-9-20-14(21-12)10(2)19-8-11-6-4-5-7-13(11)15(16,17)18/h4-7,9-10,19H,3,8H2,1-2H3. The van der Waals surface area contributed by atoms with Gasteiger partial charge in [-0.15, -0.1) is 11.3 Å². The monoisotopic (exact) mass is 314 g/mol. The van der Waals surface area contributed by atoms with E-state index in [9.17, 15) is 13.2 Å². The van der Waals surface area contributed by atoms with E-state index in [0.29, 0.717) is 0 Å². The van der Waals surface area contributed by atoms with Gasteiger partial charge in [-0.3, -0.25) is 0 Å². The Bertz CT molecular complexity index is 593. The molecule has 1 heterocycles. The Hall–Kier alpha value is -1.40. The molecule has 0 amide bonds. The van der Waals surface area contributed by atoms with Crippen LogP contribution < -0.4 is 5.32 Å². The Morgan fingerprint density at radius 3 is 2.62 bits per heavy atom. The Balaban J connectivity index is 2.06. The number of thiazole rings is 1. The quantitative estimate of drug-likeness (QED) is 0.874. The lowest BCUT2D eigenvalue weighted by Gasteiger charge is -2.15. The van der Waals surface area contributed by atoms with Crippen LogP contribution in [0.3, 0.4) is 0 Å². The number of rotatable bonds is 5. The van der Waals surface area contributed by atoms with E-state index in [1.807, 2.05) is 13.1 Å². The van der Waals surface area contributed by atoms with Gasteiger partial charge < -0.3 is 5.32 Å². The van der Waals surface area contributed by atoms with Crippen molar-refractivity contribution in [3.8, 4) is 0 Å². The van der Waals surface area contributed by atoms with Gasteiger partial charge in [0, 0.05) is 17.6 Å². The molecule has 0 aliphatic rings.